The lowest BCUT2D eigenvalue weighted by Gasteiger charge is -2.45. The van der Waals surface area contributed by atoms with Crippen molar-refractivity contribution in [1.29, 1.82) is 0 Å². The Labute approximate surface area is 334 Å². The molecule has 0 bridgehead atoms. The maximum Gasteiger partial charge on any atom is 0.0754 e. The Kier molecular flexibility index (Phi) is 7.75. The Morgan fingerprint density at radius 3 is 1.53 bits per heavy atom. The summed E-state index contributed by atoms with van der Waals surface area (Å²) in [6.45, 7) is 0. The van der Waals surface area contributed by atoms with E-state index in [1.54, 1.807) is 0 Å². The van der Waals surface area contributed by atoms with Crippen molar-refractivity contribution in [3.63, 3.8) is 0 Å². The van der Waals surface area contributed by atoms with Gasteiger partial charge in [-0.3, -0.25) is 0 Å². The highest BCUT2D eigenvalue weighted by molar-refractivity contribution is 6.04. The average Bonchev–Trinajstić information content (AvgIpc) is 3.60. The molecular weight excluding hydrogens is 689 g/mol. The molecule has 1 aliphatic carbocycles. The molecule has 0 saturated heterocycles. The number of hydrogen-bond donors (Lipinski definition) is 0. The second kappa shape index (κ2) is 13.4. The van der Waals surface area contributed by atoms with Gasteiger partial charge >= 0.3 is 0 Å². The largest absolute Gasteiger partial charge is 0.311 e. The summed E-state index contributed by atoms with van der Waals surface area (Å²) in [6, 6.07) is 84.1. The summed E-state index contributed by atoms with van der Waals surface area (Å²) in [5.74, 6) is 0. The standard InChI is InChI=1S/C55H38N2/c1-6-18-40(19-7-1)47-36-37-49-48-35-32-41(39-30-33-46(34-31-39)56(43-22-10-3-11-23-43)44-24-12-4-13-25-44)38-51(48)55(42-20-8-2-9-21-42)50-28-16-17-29-52(50)57(54(47)53(49)55)45-26-14-5-15-27-45/h1-38H. The van der Waals surface area contributed by atoms with Gasteiger partial charge in [0.1, 0.15) is 0 Å². The van der Waals surface area contributed by atoms with Gasteiger partial charge in [-0.15, -0.1) is 0 Å². The quantitative estimate of drug-likeness (QED) is 0.161. The molecule has 0 radical (unpaired) electrons. The van der Waals surface area contributed by atoms with Crippen molar-refractivity contribution >= 4 is 34.1 Å². The number of rotatable bonds is 7. The smallest absolute Gasteiger partial charge is 0.0754 e. The van der Waals surface area contributed by atoms with Crippen LogP contribution in [0.15, 0.2) is 231 Å². The summed E-state index contributed by atoms with van der Waals surface area (Å²) in [5, 5.41) is 0. The first-order valence-corrected chi connectivity index (χ1v) is 19.7. The lowest BCUT2D eigenvalue weighted by molar-refractivity contribution is 0.754. The van der Waals surface area contributed by atoms with Crippen LogP contribution in [0, 0.1) is 0 Å². The molecule has 2 nitrogen and oxygen atoms in total. The second-order valence-electron chi connectivity index (χ2n) is 14.9. The van der Waals surface area contributed by atoms with E-state index in [1.807, 2.05) is 0 Å². The van der Waals surface area contributed by atoms with Crippen molar-refractivity contribution in [2.24, 2.45) is 0 Å². The first kappa shape index (κ1) is 33.0. The van der Waals surface area contributed by atoms with Crippen molar-refractivity contribution in [2.75, 3.05) is 9.80 Å². The van der Waals surface area contributed by atoms with Crippen LogP contribution in [0.5, 0.6) is 0 Å². The van der Waals surface area contributed by atoms with Crippen LogP contribution < -0.4 is 9.80 Å². The van der Waals surface area contributed by atoms with Gasteiger partial charge in [0.05, 0.1) is 16.8 Å². The Morgan fingerprint density at radius 1 is 0.351 bits per heavy atom. The van der Waals surface area contributed by atoms with Gasteiger partial charge in [-0.25, -0.2) is 0 Å². The number of benzene rings is 9. The Hall–Kier alpha value is -7.42. The zero-order valence-electron chi connectivity index (χ0n) is 31.3. The third-order valence-corrected chi connectivity index (χ3v) is 11.8. The minimum absolute atomic E-state index is 0.554. The van der Waals surface area contributed by atoms with Gasteiger partial charge in [0.2, 0.25) is 0 Å². The predicted molar refractivity (Wildman–Crippen MR) is 238 cm³/mol. The first-order chi connectivity index (χ1) is 28.3. The summed E-state index contributed by atoms with van der Waals surface area (Å²) in [4.78, 5) is 4.82. The highest BCUT2D eigenvalue weighted by Crippen LogP contribution is 2.66. The van der Waals surface area contributed by atoms with E-state index >= 15 is 0 Å². The van der Waals surface area contributed by atoms with Crippen LogP contribution in [0.2, 0.25) is 0 Å². The molecule has 268 valence electrons. The molecule has 0 aromatic heterocycles. The molecule has 2 aliphatic rings. The SMILES string of the molecule is c1ccc(-c2ccc3c4c2N(c2ccccc2)c2ccccc2C4(c2ccccc2)c2cc(-c4ccc(N(c5ccccc5)c5ccccc5)cc4)ccc2-3)cc1. The first-order valence-electron chi connectivity index (χ1n) is 19.7. The molecule has 0 saturated carbocycles. The zero-order valence-corrected chi connectivity index (χ0v) is 31.3. The van der Waals surface area contributed by atoms with Crippen molar-refractivity contribution in [3.05, 3.63) is 253 Å². The summed E-state index contributed by atoms with van der Waals surface area (Å²) < 4.78 is 0. The van der Waals surface area contributed by atoms with Crippen LogP contribution in [0.1, 0.15) is 22.3 Å². The minimum Gasteiger partial charge on any atom is -0.311 e. The molecule has 1 heterocycles. The van der Waals surface area contributed by atoms with Crippen molar-refractivity contribution in [1.82, 2.24) is 0 Å². The maximum atomic E-state index is 2.51. The summed E-state index contributed by atoms with van der Waals surface area (Å²) in [5.41, 5.74) is 18.9. The van der Waals surface area contributed by atoms with Crippen LogP contribution in [-0.2, 0) is 5.41 Å². The van der Waals surface area contributed by atoms with Crippen molar-refractivity contribution in [2.45, 2.75) is 5.41 Å². The number of anilines is 6. The van der Waals surface area contributed by atoms with E-state index in [0.717, 1.165) is 22.7 Å². The normalized spacial score (nSPS) is 14.7. The number of nitrogens with zero attached hydrogens (tertiary/aromatic N) is 2. The topological polar surface area (TPSA) is 6.48 Å². The zero-order chi connectivity index (χ0) is 37.8. The molecule has 0 fully saturated rings. The number of para-hydroxylation sites is 4. The Balaban J connectivity index is 1.15. The Bertz CT molecular complexity index is 2830. The monoisotopic (exact) mass is 726 g/mol. The van der Waals surface area contributed by atoms with E-state index in [0.29, 0.717) is 0 Å². The molecule has 9 aromatic carbocycles. The highest BCUT2D eigenvalue weighted by Gasteiger charge is 2.53. The van der Waals surface area contributed by atoms with Crippen LogP contribution in [0.25, 0.3) is 33.4 Å². The van der Waals surface area contributed by atoms with Gasteiger partial charge in [0.15, 0.2) is 0 Å². The molecule has 0 amide bonds. The predicted octanol–water partition coefficient (Wildman–Crippen LogP) is 14.6. The maximum absolute atomic E-state index is 2.51. The molecule has 1 aliphatic heterocycles. The number of hydrogen-bond acceptors (Lipinski definition) is 2. The Morgan fingerprint density at radius 2 is 0.860 bits per heavy atom. The fourth-order valence-corrected chi connectivity index (χ4v) is 9.46. The van der Waals surface area contributed by atoms with Crippen molar-refractivity contribution < 1.29 is 0 Å². The van der Waals surface area contributed by atoms with E-state index in [9.17, 15) is 0 Å². The van der Waals surface area contributed by atoms with E-state index in [1.165, 1.54) is 67.0 Å². The van der Waals surface area contributed by atoms with Crippen LogP contribution in [-0.4, -0.2) is 0 Å². The van der Waals surface area contributed by atoms with E-state index in [-0.39, 0.29) is 0 Å². The molecule has 11 rings (SSSR count). The molecule has 0 N–H and O–H groups in total. The third kappa shape index (κ3) is 5.11. The fourth-order valence-electron chi connectivity index (χ4n) is 9.46. The summed E-state index contributed by atoms with van der Waals surface area (Å²) in [6.07, 6.45) is 0. The van der Waals surface area contributed by atoms with Crippen LogP contribution in [0.3, 0.4) is 0 Å². The third-order valence-electron chi connectivity index (χ3n) is 11.8. The molecule has 1 atom stereocenters. The van der Waals surface area contributed by atoms with Gasteiger partial charge in [-0.2, -0.15) is 0 Å². The van der Waals surface area contributed by atoms with Gasteiger partial charge in [-0.1, -0.05) is 170 Å². The van der Waals surface area contributed by atoms with E-state index < -0.39 is 5.41 Å². The molecule has 0 spiro atoms. The summed E-state index contributed by atoms with van der Waals surface area (Å²) in [7, 11) is 0. The minimum atomic E-state index is -0.554. The molecule has 9 aromatic rings. The van der Waals surface area contributed by atoms with Gasteiger partial charge in [0.25, 0.3) is 0 Å². The lowest BCUT2D eigenvalue weighted by atomic mass is 9.64. The highest BCUT2D eigenvalue weighted by atomic mass is 15.2. The van der Waals surface area contributed by atoms with Crippen LogP contribution in [0.4, 0.5) is 34.1 Å². The molecule has 2 heteroatoms. The second-order valence-corrected chi connectivity index (χ2v) is 14.9. The molecular formula is C55H38N2. The molecule has 1 unspecified atom stereocenters. The average molecular weight is 727 g/mol. The van der Waals surface area contributed by atoms with Gasteiger partial charge in [0, 0.05) is 33.9 Å². The molecule has 57 heavy (non-hydrogen) atoms. The van der Waals surface area contributed by atoms with Gasteiger partial charge < -0.3 is 9.80 Å². The number of fused-ring (bicyclic) bond motifs is 5. The lowest BCUT2D eigenvalue weighted by Crippen LogP contribution is -2.36. The van der Waals surface area contributed by atoms with Gasteiger partial charge in [-0.05, 0) is 105 Å². The van der Waals surface area contributed by atoms with Crippen molar-refractivity contribution in [3.8, 4) is 33.4 Å². The van der Waals surface area contributed by atoms with E-state index in [2.05, 4.69) is 240 Å². The van der Waals surface area contributed by atoms with E-state index in [4.69, 9.17) is 0 Å². The fraction of sp³-hybridized carbons (Fsp3) is 0.0182. The summed E-state index contributed by atoms with van der Waals surface area (Å²) >= 11 is 0. The van der Waals surface area contributed by atoms with Crippen LogP contribution >= 0.6 is 0 Å².